The summed E-state index contributed by atoms with van der Waals surface area (Å²) in [7, 11) is -3.66. The third-order valence-corrected chi connectivity index (χ3v) is 4.04. The summed E-state index contributed by atoms with van der Waals surface area (Å²) < 4.78 is 26.1. The predicted octanol–water partition coefficient (Wildman–Crippen LogP) is 2.26. The molecule has 0 aliphatic rings. The summed E-state index contributed by atoms with van der Waals surface area (Å²) in [5, 5.41) is 0.524. The summed E-state index contributed by atoms with van der Waals surface area (Å²) in [6, 6.07) is 2.82. The summed E-state index contributed by atoms with van der Waals surface area (Å²) >= 11 is 11.3. The van der Waals surface area contributed by atoms with E-state index in [9.17, 15) is 8.42 Å². The average molecular weight is 295 g/mol. The zero-order valence-electron chi connectivity index (χ0n) is 9.13. The van der Waals surface area contributed by atoms with Crippen LogP contribution in [0, 0.1) is 6.92 Å². The Balaban J connectivity index is 3.15. The van der Waals surface area contributed by atoms with E-state index in [1.165, 1.54) is 12.1 Å². The second-order valence-electron chi connectivity index (χ2n) is 3.48. The molecule has 0 saturated heterocycles. The number of rotatable bonds is 4. The van der Waals surface area contributed by atoms with Gasteiger partial charge in [0, 0.05) is 11.6 Å². The highest BCUT2D eigenvalue weighted by atomic mass is 35.5. The number of anilines is 1. The van der Waals surface area contributed by atoms with Gasteiger partial charge in [0.2, 0.25) is 10.0 Å². The smallest absolute Gasteiger partial charge is 0.241 e. The van der Waals surface area contributed by atoms with Gasteiger partial charge in [-0.05, 0) is 24.6 Å². The summed E-state index contributed by atoms with van der Waals surface area (Å²) in [6.45, 7) is 5.00. The van der Waals surface area contributed by atoms with Crippen molar-refractivity contribution < 1.29 is 8.42 Å². The van der Waals surface area contributed by atoms with Crippen molar-refractivity contribution in [3.63, 3.8) is 0 Å². The Bertz CT molecular complexity index is 556. The van der Waals surface area contributed by atoms with E-state index < -0.39 is 10.0 Å². The second kappa shape index (κ2) is 5.27. The van der Waals surface area contributed by atoms with Crippen LogP contribution in [-0.2, 0) is 10.0 Å². The van der Waals surface area contributed by atoms with Gasteiger partial charge >= 0.3 is 0 Å². The molecule has 0 spiro atoms. The molecule has 0 aromatic heterocycles. The van der Waals surface area contributed by atoms with E-state index in [1.807, 2.05) is 0 Å². The van der Waals surface area contributed by atoms with E-state index in [-0.39, 0.29) is 22.2 Å². The number of aryl methyl sites for hydroxylation is 1. The molecule has 0 heterocycles. The standard InChI is InChI=1S/C10H12Cl2N2O2S/c1-6-3-8(12)9(13)4-10(6)17(15,16)14-5-7(2)11/h3-4,14H,2,5,13H2,1H3. The van der Waals surface area contributed by atoms with Crippen LogP contribution in [0.4, 0.5) is 5.69 Å². The lowest BCUT2D eigenvalue weighted by atomic mass is 10.2. The molecular formula is C10H12Cl2N2O2S. The van der Waals surface area contributed by atoms with Gasteiger partial charge in [0.25, 0.3) is 0 Å². The average Bonchev–Trinajstić information content (AvgIpc) is 2.20. The van der Waals surface area contributed by atoms with Gasteiger partial charge < -0.3 is 5.73 Å². The molecule has 0 aliphatic carbocycles. The van der Waals surface area contributed by atoms with Crippen LogP contribution in [0.25, 0.3) is 0 Å². The maximum atomic E-state index is 11.9. The highest BCUT2D eigenvalue weighted by molar-refractivity contribution is 7.89. The van der Waals surface area contributed by atoms with Crippen molar-refractivity contribution in [1.82, 2.24) is 4.72 Å². The third kappa shape index (κ3) is 3.61. The molecular weight excluding hydrogens is 283 g/mol. The zero-order chi connectivity index (χ0) is 13.2. The molecule has 0 fully saturated rings. The lowest BCUT2D eigenvalue weighted by Crippen LogP contribution is -2.25. The monoisotopic (exact) mass is 294 g/mol. The Morgan fingerprint density at radius 1 is 1.53 bits per heavy atom. The molecule has 0 radical (unpaired) electrons. The Kier molecular flexibility index (Phi) is 4.43. The first-order valence-electron chi connectivity index (χ1n) is 4.62. The van der Waals surface area contributed by atoms with Gasteiger partial charge in [0.15, 0.2) is 0 Å². The van der Waals surface area contributed by atoms with Gasteiger partial charge in [-0.15, -0.1) is 0 Å². The molecule has 0 bridgehead atoms. The summed E-state index contributed by atoms with van der Waals surface area (Å²) in [6.07, 6.45) is 0. The molecule has 1 rings (SSSR count). The maximum Gasteiger partial charge on any atom is 0.241 e. The molecule has 4 nitrogen and oxygen atoms in total. The third-order valence-electron chi connectivity index (χ3n) is 2.04. The number of nitrogen functional groups attached to an aromatic ring is 1. The fourth-order valence-corrected chi connectivity index (χ4v) is 2.86. The Hall–Kier alpha value is -0.750. The van der Waals surface area contributed by atoms with E-state index in [1.54, 1.807) is 6.92 Å². The molecule has 94 valence electrons. The van der Waals surface area contributed by atoms with Crippen LogP contribution < -0.4 is 10.5 Å². The van der Waals surface area contributed by atoms with Crippen molar-refractivity contribution in [3.8, 4) is 0 Å². The van der Waals surface area contributed by atoms with Crippen LogP contribution in [0.15, 0.2) is 28.6 Å². The number of hydrogen-bond acceptors (Lipinski definition) is 3. The fraction of sp³-hybridized carbons (Fsp3) is 0.200. The van der Waals surface area contributed by atoms with Crippen LogP contribution >= 0.6 is 23.2 Å². The SMILES string of the molecule is C=C(Cl)CNS(=O)(=O)c1cc(N)c(Cl)cc1C. The largest absolute Gasteiger partial charge is 0.397 e. The fourth-order valence-electron chi connectivity index (χ4n) is 1.21. The molecule has 3 N–H and O–H groups in total. The Morgan fingerprint density at radius 2 is 2.12 bits per heavy atom. The number of hydrogen-bond donors (Lipinski definition) is 2. The molecule has 0 saturated carbocycles. The number of nitrogens with two attached hydrogens (primary N) is 1. The molecule has 17 heavy (non-hydrogen) atoms. The summed E-state index contributed by atoms with van der Waals surface area (Å²) in [4.78, 5) is 0.0808. The summed E-state index contributed by atoms with van der Waals surface area (Å²) in [5.41, 5.74) is 6.30. The predicted molar refractivity (Wildman–Crippen MR) is 70.8 cm³/mol. The first kappa shape index (κ1) is 14.3. The first-order chi connectivity index (χ1) is 7.74. The molecule has 1 aromatic carbocycles. The van der Waals surface area contributed by atoms with E-state index in [0.29, 0.717) is 10.6 Å². The van der Waals surface area contributed by atoms with Crippen molar-refractivity contribution in [2.24, 2.45) is 0 Å². The number of halogens is 2. The van der Waals surface area contributed by atoms with Crippen molar-refractivity contribution >= 4 is 38.9 Å². The molecule has 0 unspecified atom stereocenters. The van der Waals surface area contributed by atoms with Gasteiger partial charge in [-0.1, -0.05) is 29.8 Å². The number of sulfonamides is 1. The zero-order valence-corrected chi connectivity index (χ0v) is 11.5. The number of benzene rings is 1. The van der Waals surface area contributed by atoms with Gasteiger partial charge in [0.05, 0.1) is 15.6 Å². The van der Waals surface area contributed by atoms with E-state index in [2.05, 4.69) is 11.3 Å². The molecule has 7 heteroatoms. The van der Waals surface area contributed by atoms with Crippen molar-refractivity contribution in [2.75, 3.05) is 12.3 Å². The quantitative estimate of drug-likeness (QED) is 0.837. The van der Waals surface area contributed by atoms with E-state index >= 15 is 0 Å². The highest BCUT2D eigenvalue weighted by Gasteiger charge is 2.18. The van der Waals surface area contributed by atoms with Crippen LogP contribution in [-0.4, -0.2) is 15.0 Å². The first-order valence-corrected chi connectivity index (χ1v) is 6.86. The van der Waals surface area contributed by atoms with Gasteiger partial charge in [0.1, 0.15) is 0 Å². The second-order valence-corrected chi connectivity index (χ2v) is 6.16. The van der Waals surface area contributed by atoms with Crippen LogP contribution in [0.1, 0.15) is 5.56 Å². The van der Waals surface area contributed by atoms with Crippen LogP contribution in [0.2, 0.25) is 5.02 Å². The van der Waals surface area contributed by atoms with Gasteiger partial charge in [-0.2, -0.15) is 0 Å². The van der Waals surface area contributed by atoms with Gasteiger partial charge in [-0.3, -0.25) is 0 Å². The molecule has 0 amide bonds. The van der Waals surface area contributed by atoms with Crippen LogP contribution in [0.5, 0.6) is 0 Å². The Labute approximate surface area is 110 Å². The number of nitrogens with one attached hydrogen (secondary N) is 1. The minimum atomic E-state index is -3.66. The topological polar surface area (TPSA) is 72.2 Å². The van der Waals surface area contributed by atoms with E-state index in [0.717, 1.165) is 0 Å². The van der Waals surface area contributed by atoms with Gasteiger partial charge in [-0.25, -0.2) is 13.1 Å². The molecule has 0 aliphatic heterocycles. The lowest BCUT2D eigenvalue weighted by molar-refractivity contribution is 0.585. The van der Waals surface area contributed by atoms with E-state index in [4.69, 9.17) is 28.9 Å². The molecule has 1 aromatic rings. The molecule has 0 atom stereocenters. The van der Waals surface area contributed by atoms with Crippen molar-refractivity contribution in [1.29, 1.82) is 0 Å². The normalized spacial score (nSPS) is 11.5. The lowest BCUT2D eigenvalue weighted by Gasteiger charge is -2.10. The minimum absolute atomic E-state index is 0.0359. The van der Waals surface area contributed by atoms with Crippen molar-refractivity contribution in [2.45, 2.75) is 11.8 Å². The van der Waals surface area contributed by atoms with Crippen LogP contribution in [0.3, 0.4) is 0 Å². The van der Waals surface area contributed by atoms with Crippen molar-refractivity contribution in [3.05, 3.63) is 34.3 Å². The highest BCUT2D eigenvalue weighted by Crippen LogP contribution is 2.26. The Morgan fingerprint density at radius 3 is 2.65 bits per heavy atom. The summed E-state index contributed by atoms with van der Waals surface area (Å²) in [5.74, 6) is 0. The minimum Gasteiger partial charge on any atom is -0.397 e. The maximum absolute atomic E-state index is 11.9.